The van der Waals surface area contributed by atoms with Gasteiger partial charge in [-0.3, -0.25) is 0 Å². The summed E-state index contributed by atoms with van der Waals surface area (Å²) in [6.45, 7) is 2.97. The van der Waals surface area contributed by atoms with E-state index in [1.807, 2.05) is 0 Å². The SMILES string of the molecule is CC(C)(O)c1ccc(S(N)(=O)=O)o1. The fourth-order valence-corrected chi connectivity index (χ4v) is 1.27. The first kappa shape index (κ1) is 10.2. The van der Waals surface area contributed by atoms with Gasteiger partial charge in [0, 0.05) is 0 Å². The third-order valence-electron chi connectivity index (χ3n) is 1.46. The number of rotatable bonds is 2. The monoisotopic (exact) mass is 205 g/mol. The zero-order valence-corrected chi connectivity index (χ0v) is 8.13. The summed E-state index contributed by atoms with van der Waals surface area (Å²) in [5, 5.41) is 13.9. The predicted molar refractivity (Wildman–Crippen MR) is 45.3 cm³/mol. The van der Waals surface area contributed by atoms with Crippen molar-refractivity contribution >= 4 is 10.0 Å². The molecule has 1 aromatic heterocycles. The van der Waals surface area contributed by atoms with Gasteiger partial charge in [-0.2, -0.15) is 0 Å². The zero-order valence-electron chi connectivity index (χ0n) is 7.31. The lowest BCUT2D eigenvalue weighted by Crippen LogP contribution is -2.15. The van der Waals surface area contributed by atoms with Crippen molar-refractivity contribution in [2.75, 3.05) is 0 Å². The second-order valence-corrected chi connectivity index (χ2v) is 4.72. The number of furan rings is 1. The van der Waals surface area contributed by atoms with E-state index in [-0.39, 0.29) is 10.9 Å². The lowest BCUT2D eigenvalue weighted by atomic mass is 10.1. The molecular weight excluding hydrogens is 194 g/mol. The Morgan fingerprint density at radius 3 is 2.23 bits per heavy atom. The minimum atomic E-state index is -3.82. The Hall–Kier alpha value is -0.850. The fraction of sp³-hybridized carbons (Fsp3) is 0.429. The molecule has 0 aromatic carbocycles. The van der Waals surface area contributed by atoms with Gasteiger partial charge < -0.3 is 9.52 Å². The molecule has 0 atom stereocenters. The van der Waals surface area contributed by atoms with E-state index in [0.29, 0.717) is 0 Å². The molecule has 0 aliphatic rings. The summed E-state index contributed by atoms with van der Waals surface area (Å²) in [4.78, 5) is 0. The highest BCUT2D eigenvalue weighted by Gasteiger charge is 2.23. The minimum Gasteiger partial charge on any atom is -0.445 e. The van der Waals surface area contributed by atoms with Crippen molar-refractivity contribution in [3.8, 4) is 0 Å². The summed E-state index contributed by atoms with van der Waals surface area (Å²) < 4.78 is 26.4. The molecule has 13 heavy (non-hydrogen) atoms. The molecule has 0 aliphatic heterocycles. The van der Waals surface area contributed by atoms with Gasteiger partial charge in [-0.25, -0.2) is 13.6 Å². The summed E-state index contributed by atoms with van der Waals surface area (Å²) in [6.07, 6.45) is 0. The van der Waals surface area contributed by atoms with Crippen LogP contribution < -0.4 is 5.14 Å². The number of hydrogen-bond acceptors (Lipinski definition) is 4. The van der Waals surface area contributed by atoms with Crippen molar-refractivity contribution in [2.24, 2.45) is 5.14 Å². The largest absolute Gasteiger partial charge is 0.445 e. The van der Waals surface area contributed by atoms with Crippen molar-refractivity contribution in [2.45, 2.75) is 24.5 Å². The maximum absolute atomic E-state index is 10.8. The summed E-state index contributed by atoms with van der Waals surface area (Å²) in [5.74, 6) is 0.163. The van der Waals surface area contributed by atoms with E-state index in [4.69, 9.17) is 9.56 Å². The molecular formula is C7H11NO4S. The minimum absolute atomic E-state index is 0.163. The number of aliphatic hydroxyl groups is 1. The van der Waals surface area contributed by atoms with E-state index in [1.165, 1.54) is 26.0 Å². The van der Waals surface area contributed by atoms with E-state index in [2.05, 4.69) is 0 Å². The molecule has 1 aromatic rings. The van der Waals surface area contributed by atoms with E-state index in [0.717, 1.165) is 0 Å². The molecule has 0 spiro atoms. The topological polar surface area (TPSA) is 93.5 Å². The van der Waals surface area contributed by atoms with Crippen LogP contribution in [0.4, 0.5) is 0 Å². The quantitative estimate of drug-likeness (QED) is 0.718. The van der Waals surface area contributed by atoms with E-state index in [1.54, 1.807) is 0 Å². The Bertz CT molecular complexity index is 398. The summed E-state index contributed by atoms with van der Waals surface area (Å²) >= 11 is 0. The Kier molecular flexibility index (Phi) is 2.23. The van der Waals surface area contributed by atoms with Crippen LogP contribution in [0.2, 0.25) is 0 Å². The van der Waals surface area contributed by atoms with Crippen LogP contribution in [0.25, 0.3) is 0 Å². The molecule has 74 valence electrons. The lowest BCUT2D eigenvalue weighted by molar-refractivity contribution is 0.0502. The molecule has 0 fully saturated rings. The van der Waals surface area contributed by atoms with Crippen LogP contribution >= 0.6 is 0 Å². The van der Waals surface area contributed by atoms with Crippen LogP contribution in [0, 0.1) is 0 Å². The Morgan fingerprint density at radius 1 is 1.46 bits per heavy atom. The summed E-state index contributed by atoms with van der Waals surface area (Å²) in [6, 6.07) is 2.59. The highest BCUT2D eigenvalue weighted by Crippen LogP contribution is 2.23. The van der Waals surface area contributed by atoms with Gasteiger partial charge in [0.15, 0.2) is 0 Å². The molecule has 1 rings (SSSR count). The number of sulfonamides is 1. The highest BCUT2D eigenvalue weighted by molar-refractivity contribution is 7.89. The van der Waals surface area contributed by atoms with Gasteiger partial charge in [0.05, 0.1) is 0 Å². The van der Waals surface area contributed by atoms with Crippen LogP contribution in [0.3, 0.4) is 0 Å². The van der Waals surface area contributed by atoms with Gasteiger partial charge >= 0.3 is 0 Å². The molecule has 0 unspecified atom stereocenters. The van der Waals surface area contributed by atoms with Crippen LogP contribution in [-0.2, 0) is 15.6 Å². The van der Waals surface area contributed by atoms with Gasteiger partial charge in [-0.1, -0.05) is 0 Å². The van der Waals surface area contributed by atoms with Gasteiger partial charge in [-0.05, 0) is 26.0 Å². The average Bonchev–Trinajstić information content (AvgIpc) is 2.28. The van der Waals surface area contributed by atoms with Gasteiger partial charge in [0.2, 0.25) is 5.09 Å². The molecule has 0 saturated heterocycles. The molecule has 6 heteroatoms. The van der Waals surface area contributed by atoms with Crippen molar-refractivity contribution in [1.82, 2.24) is 0 Å². The number of primary sulfonamides is 1. The van der Waals surface area contributed by atoms with E-state index >= 15 is 0 Å². The maximum Gasteiger partial charge on any atom is 0.271 e. The maximum atomic E-state index is 10.8. The first-order chi connectivity index (χ1) is 5.71. The number of hydrogen-bond donors (Lipinski definition) is 2. The average molecular weight is 205 g/mol. The van der Waals surface area contributed by atoms with Crippen LogP contribution in [0.15, 0.2) is 21.6 Å². The third-order valence-corrected chi connectivity index (χ3v) is 2.25. The molecule has 0 aliphatic carbocycles. The van der Waals surface area contributed by atoms with Crippen molar-refractivity contribution < 1.29 is 17.9 Å². The zero-order chi connectivity index (χ0) is 10.3. The lowest BCUT2D eigenvalue weighted by Gasteiger charge is -2.12. The molecule has 0 amide bonds. The summed E-state index contributed by atoms with van der Waals surface area (Å²) in [5.41, 5.74) is -1.21. The standard InChI is InChI=1S/C7H11NO4S/c1-7(2,9)5-3-4-6(12-5)13(8,10)11/h3-4,9H,1-2H3,(H2,8,10,11). The predicted octanol–water partition coefficient (Wildman–Crippen LogP) is 0.154. The van der Waals surface area contributed by atoms with Crippen molar-refractivity contribution in [3.63, 3.8) is 0 Å². The van der Waals surface area contributed by atoms with Gasteiger partial charge in [-0.15, -0.1) is 0 Å². The second-order valence-electron chi connectivity index (χ2n) is 3.22. The summed E-state index contributed by atoms with van der Waals surface area (Å²) in [7, 11) is -3.82. The van der Waals surface area contributed by atoms with Crippen molar-refractivity contribution in [3.05, 3.63) is 17.9 Å². The molecule has 0 bridgehead atoms. The van der Waals surface area contributed by atoms with E-state index < -0.39 is 15.6 Å². The van der Waals surface area contributed by atoms with Crippen LogP contribution in [0.1, 0.15) is 19.6 Å². The molecule has 0 radical (unpaired) electrons. The Balaban J connectivity index is 3.16. The van der Waals surface area contributed by atoms with Gasteiger partial charge in [0.25, 0.3) is 10.0 Å². The van der Waals surface area contributed by atoms with Crippen LogP contribution in [-0.4, -0.2) is 13.5 Å². The smallest absolute Gasteiger partial charge is 0.271 e. The Labute approximate surface area is 76.2 Å². The fourth-order valence-electron chi connectivity index (χ4n) is 0.802. The highest BCUT2D eigenvalue weighted by atomic mass is 32.2. The molecule has 0 saturated carbocycles. The van der Waals surface area contributed by atoms with Crippen molar-refractivity contribution in [1.29, 1.82) is 0 Å². The molecule has 3 N–H and O–H groups in total. The Morgan fingerprint density at radius 2 is 2.00 bits per heavy atom. The first-order valence-electron chi connectivity index (χ1n) is 3.57. The first-order valence-corrected chi connectivity index (χ1v) is 5.11. The number of nitrogens with two attached hydrogens (primary N) is 1. The molecule has 1 heterocycles. The molecule has 5 nitrogen and oxygen atoms in total. The van der Waals surface area contributed by atoms with Crippen LogP contribution in [0.5, 0.6) is 0 Å². The third kappa shape index (κ3) is 2.30. The second kappa shape index (κ2) is 2.83. The van der Waals surface area contributed by atoms with E-state index in [9.17, 15) is 13.5 Å². The normalized spacial score (nSPS) is 13.2. The van der Waals surface area contributed by atoms with Gasteiger partial charge in [0.1, 0.15) is 11.4 Å².